The summed E-state index contributed by atoms with van der Waals surface area (Å²) < 4.78 is 0. The van der Waals surface area contributed by atoms with Crippen molar-refractivity contribution in [3.63, 3.8) is 0 Å². The van der Waals surface area contributed by atoms with Crippen LogP contribution < -0.4 is 0 Å². The first-order valence-electron chi connectivity index (χ1n) is 7.30. The molecule has 4 aromatic rings. The molecule has 0 fully saturated rings. The summed E-state index contributed by atoms with van der Waals surface area (Å²) in [4.78, 5) is 0. The summed E-state index contributed by atoms with van der Waals surface area (Å²) in [5.74, 6) is 6.50. The molecule has 0 aliphatic rings. The van der Waals surface area contributed by atoms with Crippen LogP contribution in [0.25, 0.3) is 21.5 Å². The van der Waals surface area contributed by atoms with Gasteiger partial charge in [0.15, 0.2) is 0 Å². The van der Waals surface area contributed by atoms with Gasteiger partial charge < -0.3 is 0 Å². The second-order valence-corrected chi connectivity index (χ2v) is 5.28. The van der Waals surface area contributed by atoms with Gasteiger partial charge in [-0.05, 0) is 51.9 Å². The monoisotopic (exact) mass is 277 g/mol. The largest absolute Gasteiger partial charge is 0.0616 e. The molecule has 0 spiro atoms. The van der Waals surface area contributed by atoms with Crippen molar-refractivity contribution in [2.24, 2.45) is 0 Å². The lowest BCUT2D eigenvalue weighted by atomic mass is 10.1. The van der Waals surface area contributed by atoms with Gasteiger partial charge in [-0.3, -0.25) is 0 Å². The third-order valence-electron chi connectivity index (χ3n) is 3.76. The van der Waals surface area contributed by atoms with Crippen LogP contribution in [0.5, 0.6) is 0 Å². The molecule has 0 amide bonds. The molecule has 0 unspecified atom stereocenters. The lowest BCUT2D eigenvalue weighted by Gasteiger charge is -1.98. The Morgan fingerprint density at radius 2 is 1.27 bits per heavy atom. The molecule has 0 aliphatic carbocycles. The van der Waals surface area contributed by atoms with E-state index in [2.05, 4.69) is 84.6 Å². The zero-order valence-corrected chi connectivity index (χ0v) is 12.0. The molecule has 0 aliphatic heterocycles. The van der Waals surface area contributed by atoms with E-state index in [9.17, 15) is 0 Å². The predicted molar refractivity (Wildman–Crippen MR) is 92.7 cm³/mol. The summed E-state index contributed by atoms with van der Waals surface area (Å²) in [6.07, 6.45) is 0. The normalized spacial score (nSPS) is 10.4. The number of benzene rings is 4. The summed E-state index contributed by atoms with van der Waals surface area (Å²) >= 11 is 0. The van der Waals surface area contributed by atoms with E-state index < -0.39 is 0 Å². The Bertz CT molecular complexity index is 946. The highest BCUT2D eigenvalue weighted by Crippen LogP contribution is 2.16. The van der Waals surface area contributed by atoms with Crippen molar-refractivity contribution < 1.29 is 0 Å². The molecule has 1 radical (unpaired) electrons. The van der Waals surface area contributed by atoms with Crippen molar-refractivity contribution in [3.8, 4) is 11.8 Å². The smallest absolute Gasteiger partial charge is 0.0255 e. The second kappa shape index (κ2) is 5.39. The summed E-state index contributed by atoms with van der Waals surface area (Å²) in [6.45, 7) is 0. The Balaban J connectivity index is 1.73. The van der Waals surface area contributed by atoms with Gasteiger partial charge in [-0.15, -0.1) is 0 Å². The average Bonchev–Trinajstić information content (AvgIpc) is 2.59. The number of hydrogen-bond acceptors (Lipinski definition) is 0. The number of hydrogen-bond donors (Lipinski definition) is 0. The quantitative estimate of drug-likeness (QED) is 0.388. The van der Waals surface area contributed by atoms with Crippen molar-refractivity contribution in [1.29, 1.82) is 0 Å². The van der Waals surface area contributed by atoms with Crippen LogP contribution in [0.1, 0.15) is 11.1 Å². The number of fused-ring (bicyclic) bond motifs is 2. The summed E-state index contributed by atoms with van der Waals surface area (Å²) in [5, 5.41) is 4.76. The maximum Gasteiger partial charge on any atom is 0.0255 e. The fourth-order valence-corrected chi connectivity index (χ4v) is 2.61. The summed E-state index contributed by atoms with van der Waals surface area (Å²) in [7, 11) is 0. The zero-order chi connectivity index (χ0) is 14.8. The first-order chi connectivity index (χ1) is 10.9. The van der Waals surface area contributed by atoms with Gasteiger partial charge >= 0.3 is 0 Å². The molecule has 0 saturated heterocycles. The van der Waals surface area contributed by atoms with Crippen molar-refractivity contribution >= 4 is 21.5 Å². The molecule has 4 rings (SSSR count). The third kappa shape index (κ3) is 2.45. The van der Waals surface area contributed by atoms with E-state index in [1.54, 1.807) is 0 Å². The molecule has 0 atom stereocenters. The lowest BCUT2D eigenvalue weighted by Crippen LogP contribution is -1.79. The maximum atomic E-state index is 3.25. The first kappa shape index (κ1) is 12.7. The van der Waals surface area contributed by atoms with Crippen LogP contribution in [-0.2, 0) is 0 Å². The van der Waals surface area contributed by atoms with Crippen LogP contribution in [0.2, 0.25) is 0 Å². The molecule has 0 aromatic heterocycles. The van der Waals surface area contributed by atoms with Gasteiger partial charge in [0.05, 0.1) is 0 Å². The van der Waals surface area contributed by atoms with Crippen LogP contribution in [0, 0.1) is 17.9 Å². The predicted octanol–water partition coefficient (Wildman–Crippen LogP) is 5.19. The standard InChI is InChI=1S/C22H13/c1-3-7-21-15-17(11-13-19(21)5-1)9-10-18-12-14-20-6-2-4-8-22(20)16-18/h1-7,11-16H. The van der Waals surface area contributed by atoms with Crippen molar-refractivity contribution in [2.75, 3.05) is 0 Å². The zero-order valence-electron chi connectivity index (χ0n) is 12.0. The Hall–Kier alpha value is -3.04. The highest BCUT2D eigenvalue weighted by Gasteiger charge is 1.95. The Morgan fingerprint density at radius 1 is 0.591 bits per heavy atom. The molecule has 0 saturated carbocycles. The molecule has 22 heavy (non-hydrogen) atoms. The minimum atomic E-state index is 1.02. The lowest BCUT2D eigenvalue weighted by molar-refractivity contribution is 1.67. The molecule has 0 heteroatoms. The maximum absolute atomic E-state index is 3.25. The van der Waals surface area contributed by atoms with E-state index in [1.807, 2.05) is 12.1 Å². The molecule has 0 heterocycles. The highest BCUT2D eigenvalue weighted by atomic mass is 14.0. The molecular formula is C22H13. The highest BCUT2D eigenvalue weighted by molar-refractivity contribution is 5.84. The Morgan fingerprint density at radius 3 is 2.14 bits per heavy atom. The van der Waals surface area contributed by atoms with Crippen molar-refractivity contribution in [2.45, 2.75) is 0 Å². The minimum absolute atomic E-state index is 1.02. The molecule has 101 valence electrons. The van der Waals surface area contributed by atoms with Gasteiger partial charge in [-0.25, -0.2) is 0 Å². The second-order valence-electron chi connectivity index (χ2n) is 5.28. The Labute approximate surface area is 130 Å². The van der Waals surface area contributed by atoms with Gasteiger partial charge in [-0.2, -0.15) is 0 Å². The van der Waals surface area contributed by atoms with E-state index in [0.717, 1.165) is 16.5 Å². The number of rotatable bonds is 0. The van der Waals surface area contributed by atoms with E-state index >= 15 is 0 Å². The SMILES string of the molecule is C(#Cc1ccc2ccccc2c1)c1ccc2ccc[c]c2c1. The fraction of sp³-hybridized carbons (Fsp3) is 0. The topological polar surface area (TPSA) is 0 Å². The molecule has 0 N–H and O–H groups in total. The molecular weight excluding hydrogens is 264 g/mol. The third-order valence-corrected chi connectivity index (χ3v) is 3.76. The summed E-state index contributed by atoms with van der Waals surface area (Å²) in [6, 6.07) is 30.2. The van der Waals surface area contributed by atoms with Crippen LogP contribution in [0.15, 0.2) is 78.9 Å². The van der Waals surface area contributed by atoms with Gasteiger partial charge in [0.25, 0.3) is 0 Å². The van der Waals surface area contributed by atoms with E-state index in [-0.39, 0.29) is 0 Å². The molecule has 0 bridgehead atoms. The van der Waals surface area contributed by atoms with Crippen LogP contribution >= 0.6 is 0 Å². The van der Waals surface area contributed by atoms with E-state index in [1.165, 1.54) is 16.2 Å². The van der Waals surface area contributed by atoms with Gasteiger partial charge in [0, 0.05) is 11.1 Å². The van der Waals surface area contributed by atoms with E-state index in [0.29, 0.717) is 0 Å². The fourth-order valence-electron chi connectivity index (χ4n) is 2.61. The Kier molecular flexibility index (Phi) is 3.11. The van der Waals surface area contributed by atoms with Gasteiger partial charge in [0.1, 0.15) is 0 Å². The van der Waals surface area contributed by atoms with Crippen LogP contribution in [-0.4, -0.2) is 0 Å². The average molecular weight is 277 g/mol. The minimum Gasteiger partial charge on any atom is -0.0616 e. The molecule has 4 aromatic carbocycles. The van der Waals surface area contributed by atoms with Crippen molar-refractivity contribution in [1.82, 2.24) is 0 Å². The van der Waals surface area contributed by atoms with Gasteiger partial charge in [0.2, 0.25) is 0 Å². The first-order valence-corrected chi connectivity index (χ1v) is 7.30. The summed E-state index contributed by atoms with van der Waals surface area (Å²) in [5.41, 5.74) is 2.05. The molecule has 0 nitrogen and oxygen atoms in total. The van der Waals surface area contributed by atoms with Crippen LogP contribution in [0.3, 0.4) is 0 Å². The van der Waals surface area contributed by atoms with E-state index in [4.69, 9.17) is 0 Å². The van der Waals surface area contributed by atoms with Gasteiger partial charge in [-0.1, -0.05) is 66.4 Å². The van der Waals surface area contributed by atoms with Crippen LogP contribution in [0.4, 0.5) is 0 Å². The van der Waals surface area contributed by atoms with Crippen molar-refractivity contribution in [3.05, 3.63) is 96.1 Å².